The van der Waals surface area contributed by atoms with Gasteiger partial charge >= 0.3 is 0 Å². The third kappa shape index (κ3) is 2.03. The fourth-order valence-electron chi connectivity index (χ4n) is 2.56. The Morgan fingerprint density at radius 3 is 3.05 bits per heavy atom. The van der Waals surface area contributed by atoms with Crippen molar-refractivity contribution in [1.82, 2.24) is 0 Å². The summed E-state index contributed by atoms with van der Waals surface area (Å²) in [5, 5.41) is 3.22. The predicted octanol–water partition coefficient (Wildman–Crippen LogP) is 4.98. The molecule has 3 aromatic rings. The normalized spacial score (nSPS) is 14.4. The van der Waals surface area contributed by atoms with Crippen LogP contribution in [0.3, 0.4) is 0 Å². The Balaban J connectivity index is 1.80. The van der Waals surface area contributed by atoms with Gasteiger partial charge < -0.3 is 0 Å². The molecule has 4 heteroatoms. The van der Waals surface area contributed by atoms with Crippen LogP contribution in [0.4, 0.5) is 0 Å². The van der Waals surface area contributed by atoms with Gasteiger partial charge in [-0.3, -0.25) is 4.79 Å². The van der Waals surface area contributed by atoms with Crippen LogP contribution in [-0.2, 0) is 12.2 Å². The summed E-state index contributed by atoms with van der Waals surface area (Å²) in [5.74, 6) is 2.42. The van der Waals surface area contributed by atoms with Gasteiger partial charge in [-0.1, -0.05) is 12.1 Å². The number of benzene rings is 1. The largest absolute Gasteiger partial charge is 0.288 e. The molecular weight excluding hydrogens is 304 g/mol. The van der Waals surface area contributed by atoms with Crippen LogP contribution in [0.5, 0.6) is 0 Å². The smallest absolute Gasteiger partial charge is 0.204 e. The number of hydrogen-bond donors (Lipinski definition) is 0. The molecular formula is C16H12OS3. The van der Waals surface area contributed by atoms with Crippen LogP contribution >= 0.6 is 34.4 Å². The molecule has 1 aromatic carbocycles. The number of rotatable bonds is 2. The van der Waals surface area contributed by atoms with Gasteiger partial charge in [0.25, 0.3) is 0 Å². The lowest BCUT2D eigenvalue weighted by molar-refractivity contribution is 0.104. The van der Waals surface area contributed by atoms with Crippen LogP contribution in [0.1, 0.15) is 25.7 Å². The molecule has 1 aliphatic heterocycles. The molecule has 0 unspecified atom stereocenters. The third-order valence-electron chi connectivity index (χ3n) is 3.58. The lowest BCUT2D eigenvalue weighted by Gasteiger charge is -2.08. The number of thioether (sulfide) groups is 1. The lowest BCUT2D eigenvalue weighted by atomic mass is 10.1. The van der Waals surface area contributed by atoms with Crippen LogP contribution in [0, 0.1) is 0 Å². The molecule has 0 atom stereocenters. The molecule has 1 nitrogen and oxygen atoms in total. The molecule has 0 aliphatic carbocycles. The summed E-state index contributed by atoms with van der Waals surface area (Å²) in [6.45, 7) is 0. The van der Waals surface area contributed by atoms with Crippen molar-refractivity contribution < 1.29 is 4.79 Å². The van der Waals surface area contributed by atoms with Crippen molar-refractivity contribution in [3.8, 4) is 0 Å². The van der Waals surface area contributed by atoms with Gasteiger partial charge in [0.2, 0.25) is 5.78 Å². The van der Waals surface area contributed by atoms with Crippen molar-refractivity contribution >= 4 is 50.3 Å². The Kier molecular flexibility index (Phi) is 3.17. The molecule has 3 heterocycles. The maximum Gasteiger partial charge on any atom is 0.204 e. The van der Waals surface area contributed by atoms with Crippen LogP contribution in [0.15, 0.2) is 35.7 Å². The van der Waals surface area contributed by atoms with E-state index in [1.54, 1.807) is 22.7 Å². The van der Waals surface area contributed by atoms with Crippen molar-refractivity contribution in [2.75, 3.05) is 5.75 Å². The Hall–Kier alpha value is -1.10. The molecule has 0 saturated heterocycles. The van der Waals surface area contributed by atoms with Crippen LogP contribution < -0.4 is 0 Å². The average Bonchev–Trinajstić information content (AvgIpc) is 3.12. The number of carbonyl (C=O) groups is 1. The first kappa shape index (κ1) is 12.6. The van der Waals surface area contributed by atoms with E-state index in [1.807, 2.05) is 23.9 Å². The highest BCUT2D eigenvalue weighted by Crippen LogP contribution is 2.34. The van der Waals surface area contributed by atoms with Gasteiger partial charge in [-0.05, 0) is 46.7 Å². The van der Waals surface area contributed by atoms with Crippen molar-refractivity contribution in [2.45, 2.75) is 12.2 Å². The van der Waals surface area contributed by atoms with Gasteiger partial charge in [0, 0.05) is 20.9 Å². The first-order chi connectivity index (χ1) is 9.83. The van der Waals surface area contributed by atoms with E-state index >= 15 is 0 Å². The van der Waals surface area contributed by atoms with Gasteiger partial charge in [-0.25, -0.2) is 0 Å². The van der Waals surface area contributed by atoms with Crippen molar-refractivity contribution in [2.24, 2.45) is 0 Å². The SMILES string of the molecule is O=C(c1cc2c(s1)CCSC2)c1cccc2ccsc12. The zero-order valence-electron chi connectivity index (χ0n) is 10.7. The van der Waals surface area contributed by atoms with E-state index in [-0.39, 0.29) is 5.78 Å². The van der Waals surface area contributed by atoms with Gasteiger partial charge in [-0.2, -0.15) is 11.8 Å². The van der Waals surface area contributed by atoms with Gasteiger partial charge in [0.05, 0.1) is 4.88 Å². The molecule has 0 spiro atoms. The second-order valence-electron chi connectivity index (χ2n) is 4.84. The van der Waals surface area contributed by atoms with Crippen LogP contribution in [0.25, 0.3) is 10.1 Å². The fraction of sp³-hybridized carbons (Fsp3) is 0.188. The lowest BCUT2D eigenvalue weighted by Crippen LogP contribution is -1.98. The Bertz CT molecular complexity index is 774. The maximum atomic E-state index is 12.8. The molecule has 0 radical (unpaired) electrons. The Morgan fingerprint density at radius 1 is 1.20 bits per heavy atom. The monoisotopic (exact) mass is 316 g/mol. The summed E-state index contributed by atoms with van der Waals surface area (Å²) in [6.07, 6.45) is 1.11. The minimum atomic E-state index is 0.183. The van der Waals surface area contributed by atoms with Crippen LogP contribution in [0.2, 0.25) is 0 Å². The van der Waals surface area contributed by atoms with E-state index in [0.29, 0.717) is 0 Å². The first-order valence-corrected chi connectivity index (χ1v) is 9.38. The molecule has 0 amide bonds. The second-order valence-corrected chi connectivity index (χ2v) is 7.99. The maximum absolute atomic E-state index is 12.8. The predicted molar refractivity (Wildman–Crippen MR) is 89.4 cm³/mol. The Morgan fingerprint density at radius 2 is 2.15 bits per heavy atom. The third-order valence-corrected chi connectivity index (χ3v) is 6.78. The molecule has 0 saturated carbocycles. The average molecular weight is 316 g/mol. The highest BCUT2D eigenvalue weighted by atomic mass is 32.2. The van der Waals surface area contributed by atoms with Gasteiger partial charge in [0.1, 0.15) is 0 Å². The van der Waals surface area contributed by atoms with E-state index in [4.69, 9.17) is 0 Å². The number of thiophene rings is 2. The standard InChI is InChI=1S/C16H12OS3/c17-15(12-3-1-2-10-4-7-19-16(10)12)14-8-11-9-18-6-5-13(11)20-14/h1-4,7-8H,5-6,9H2. The summed E-state index contributed by atoms with van der Waals surface area (Å²) in [6, 6.07) is 10.2. The molecule has 0 fully saturated rings. The summed E-state index contributed by atoms with van der Waals surface area (Å²) < 4.78 is 1.11. The number of carbonyl (C=O) groups excluding carboxylic acids is 1. The summed E-state index contributed by atoms with van der Waals surface area (Å²) in [4.78, 5) is 15.1. The van der Waals surface area contributed by atoms with E-state index < -0.39 is 0 Å². The highest BCUT2D eigenvalue weighted by Gasteiger charge is 2.20. The Labute approximate surface area is 129 Å². The zero-order valence-corrected chi connectivity index (χ0v) is 13.2. The highest BCUT2D eigenvalue weighted by molar-refractivity contribution is 7.98. The van der Waals surface area contributed by atoms with Crippen molar-refractivity contribution in [3.05, 3.63) is 56.6 Å². The molecule has 100 valence electrons. The number of hydrogen-bond acceptors (Lipinski definition) is 4. The molecule has 0 bridgehead atoms. The number of fused-ring (bicyclic) bond motifs is 2. The number of aryl methyl sites for hydroxylation is 1. The first-order valence-electron chi connectivity index (χ1n) is 6.53. The molecule has 0 N–H and O–H groups in total. The minimum Gasteiger partial charge on any atom is -0.288 e. The topological polar surface area (TPSA) is 17.1 Å². The van der Waals surface area contributed by atoms with E-state index in [9.17, 15) is 4.79 Å². The van der Waals surface area contributed by atoms with E-state index in [1.165, 1.54) is 16.2 Å². The second kappa shape index (κ2) is 5.02. The van der Waals surface area contributed by atoms with Gasteiger partial charge in [-0.15, -0.1) is 22.7 Å². The quantitative estimate of drug-likeness (QED) is 0.620. The summed E-state index contributed by atoms with van der Waals surface area (Å²) >= 11 is 5.30. The molecule has 20 heavy (non-hydrogen) atoms. The number of ketones is 1. The molecule has 1 aliphatic rings. The summed E-state index contributed by atoms with van der Waals surface area (Å²) in [7, 11) is 0. The van der Waals surface area contributed by atoms with E-state index in [2.05, 4.69) is 23.6 Å². The molecule has 2 aromatic heterocycles. The van der Waals surface area contributed by atoms with Crippen molar-refractivity contribution in [1.29, 1.82) is 0 Å². The minimum absolute atomic E-state index is 0.183. The molecule has 4 rings (SSSR count). The zero-order chi connectivity index (χ0) is 13.5. The fourth-order valence-corrected chi connectivity index (χ4v) is 5.80. The van der Waals surface area contributed by atoms with E-state index in [0.717, 1.165) is 32.7 Å². The van der Waals surface area contributed by atoms with Gasteiger partial charge in [0.15, 0.2) is 0 Å². The summed E-state index contributed by atoms with van der Waals surface area (Å²) in [5.41, 5.74) is 2.22. The van der Waals surface area contributed by atoms with Crippen molar-refractivity contribution in [3.63, 3.8) is 0 Å². The van der Waals surface area contributed by atoms with Crippen LogP contribution in [-0.4, -0.2) is 11.5 Å².